The first-order valence-corrected chi connectivity index (χ1v) is 42.1. The molecular weight excluding hydrogens is 1670 g/mol. The van der Waals surface area contributed by atoms with Crippen LogP contribution in [0.25, 0.3) is 154 Å². The topological polar surface area (TPSA) is 51.6 Å². The van der Waals surface area contributed by atoms with Crippen molar-refractivity contribution >= 4 is 102 Å². The average molecular weight is 1760 g/mol. The van der Waals surface area contributed by atoms with E-state index in [1.165, 1.54) is 132 Å². The standard InChI is InChI=1S/C38H30NSi.C36H28NSi.2C12H10N.2Ir/c1-40(2,3)31-18-21-38(39-25-31)30-17-20-35-34-19-16-29(23-36(34)32-14-7-8-15-33(32)37(35)24-30)28-13-9-12-27(22-28)26-10-5-4-6-11-26;1-38(2,3)29-16-19-36(37-23-29)28-15-18-33-32-17-14-27(26-13-12-24-8-4-5-9-25(24)20-26)21-34(32)30-10-6-7-11-31(30)35(33)22-28;2*1-10-7-8-12(13-9-10)11-5-3-2-4-6-11;;/h4-16,18-25H,1-3H3;4-14,16-23H,1-3H3;2*2-5,7-9H,1H3;;/q4*-1;;/i;;2*1D3;;. The van der Waals surface area contributed by atoms with Gasteiger partial charge in [-0.15, -0.1) is 119 Å². The second kappa shape index (κ2) is 32.3. The zero-order chi connectivity index (χ0) is 76.3. The molecule has 0 N–H and O–H groups in total. The maximum absolute atomic E-state index is 7.23. The van der Waals surface area contributed by atoms with Gasteiger partial charge in [0.1, 0.15) is 0 Å². The molecule has 8 heteroatoms. The molecule has 106 heavy (non-hydrogen) atoms. The van der Waals surface area contributed by atoms with Gasteiger partial charge < -0.3 is 19.9 Å². The summed E-state index contributed by atoms with van der Waals surface area (Å²) < 4.78 is 43.4. The first kappa shape index (κ1) is 66.0. The minimum absolute atomic E-state index is 0. The first-order chi connectivity index (χ1) is 53.1. The molecule has 18 aromatic rings. The summed E-state index contributed by atoms with van der Waals surface area (Å²) in [6.07, 6.45) is 6.91. The van der Waals surface area contributed by atoms with Crippen LogP contribution in [0, 0.1) is 38.0 Å². The molecule has 0 bridgehead atoms. The normalized spacial score (nSPS) is 12.3. The zero-order valence-electron chi connectivity index (χ0n) is 65.6. The summed E-state index contributed by atoms with van der Waals surface area (Å²) in [6.45, 7) is 9.95. The smallest absolute Gasteiger partial charge is 0.0795 e. The summed E-state index contributed by atoms with van der Waals surface area (Å²) >= 11 is 0. The molecule has 14 aromatic carbocycles. The molecule has 4 nitrogen and oxygen atoms in total. The van der Waals surface area contributed by atoms with Crippen LogP contribution >= 0.6 is 0 Å². The van der Waals surface area contributed by atoms with Crippen LogP contribution in [0.3, 0.4) is 0 Å². The molecule has 2 radical (unpaired) electrons. The van der Waals surface area contributed by atoms with Gasteiger partial charge in [0.2, 0.25) is 0 Å². The number of aromatic nitrogens is 4. The Bertz CT molecular complexity index is 6230. The fourth-order valence-electron chi connectivity index (χ4n) is 13.5. The van der Waals surface area contributed by atoms with Crippen molar-refractivity contribution in [1.82, 2.24) is 19.9 Å². The summed E-state index contributed by atoms with van der Waals surface area (Å²) in [5.41, 5.74) is 15.1. The summed E-state index contributed by atoms with van der Waals surface area (Å²) in [7, 11) is -2.77. The fourth-order valence-corrected chi connectivity index (χ4v) is 15.6. The van der Waals surface area contributed by atoms with E-state index in [0.717, 1.165) is 45.0 Å². The van der Waals surface area contributed by atoms with E-state index in [2.05, 4.69) is 316 Å². The van der Waals surface area contributed by atoms with Crippen LogP contribution < -0.4 is 10.4 Å². The number of rotatable bonds is 9. The van der Waals surface area contributed by atoms with Crippen molar-refractivity contribution in [2.24, 2.45) is 0 Å². The quantitative estimate of drug-likeness (QED) is 0.0821. The van der Waals surface area contributed by atoms with Crippen molar-refractivity contribution in [3.8, 4) is 78.4 Å². The summed E-state index contributed by atoms with van der Waals surface area (Å²) in [5, 5.41) is 20.3. The second-order valence-corrected chi connectivity index (χ2v) is 38.4. The van der Waals surface area contributed by atoms with E-state index in [9.17, 15) is 0 Å². The molecule has 0 aliphatic rings. The number of benzene rings is 14. The van der Waals surface area contributed by atoms with Crippen LogP contribution in [0.5, 0.6) is 0 Å². The third kappa shape index (κ3) is 16.2. The van der Waals surface area contributed by atoms with Crippen LogP contribution in [-0.4, -0.2) is 36.1 Å². The van der Waals surface area contributed by atoms with Gasteiger partial charge in [-0.2, -0.15) is 0 Å². The third-order valence-electron chi connectivity index (χ3n) is 19.2. The molecule has 0 atom stereocenters. The zero-order valence-corrected chi connectivity index (χ0v) is 66.4. The van der Waals surface area contributed by atoms with E-state index in [1.54, 1.807) is 36.4 Å². The van der Waals surface area contributed by atoms with Gasteiger partial charge in [-0.05, 0) is 159 Å². The molecule has 0 saturated heterocycles. The SMILES string of the molecule is C[Si](C)(C)c1ccc(-c2[c-]cc3c4ccc(-c5ccc6ccccc6c5)cc4c4ccccc4c3c2)nc1.C[Si](C)(C)c1ccc(-c2[c-]cc3c4ccc(-c5cccc(-c6ccccc6)c5)cc4c4ccccc4c3c2)nc1.[2H]C([2H])([2H])c1ccc(-c2[c-]cccc2)nc1.[2H]C([2H])([2H])c1ccc(-c2[c-]cccc2)nc1.[Ir].[Ir]. The van der Waals surface area contributed by atoms with E-state index in [4.69, 9.17) is 18.2 Å². The molecule has 0 fully saturated rings. The molecule has 4 aromatic heterocycles. The predicted molar refractivity (Wildman–Crippen MR) is 448 cm³/mol. The Labute approximate surface area is 660 Å². The number of pyridine rings is 4. The molecule has 0 amide bonds. The van der Waals surface area contributed by atoms with Crippen LogP contribution in [0.15, 0.2) is 328 Å². The van der Waals surface area contributed by atoms with Gasteiger partial charge in [0.25, 0.3) is 0 Å². The molecule has 0 spiro atoms. The van der Waals surface area contributed by atoms with Crippen LogP contribution in [0.4, 0.5) is 0 Å². The molecule has 4 heterocycles. The van der Waals surface area contributed by atoms with Gasteiger partial charge in [0.05, 0.1) is 16.1 Å². The Kier molecular flexibility index (Phi) is 20.1. The molecule has 18 rings (SSSR count). The van der Waals surface area contributed by atoms with Gasteiger partial charge in [-0.25, -0.2) is 0 Å². The van der Waals surface area contributed by atoms with Crippen molar-refractivity contribution in [2.45, 2.75) is 53.0 Å². The largest absolute Gasteiger partial charge is 0.305 e. The van der Waals surface area contributed by atoms with Gasteiger partial charge in [0, 0.05) is 73.2 Å². The number of fused-ring (bicyclic) bond motifs is 13. The third-order valence-corrected chi connectivity index (χ3v) is 23.3. The van der Waals surface area contributed by atoms with Gasteiger partial charge >= 0.3 is 0 Å². The first-order valence-electron chi connectivity index (χ1n) is 38.1. The Hall–Kier alpha value is -10.8. The van der Waals surface area contributed by atoms with E-state index in [0.29, 0.717) is 0 Å². The van der Waals surface area contributed by atoms with Gasteiger partial charge in [-0.1, -0.05) is 278 Å². The minimum atomic E-state index is -2.09. The predicted octanol–water partition coefficient (Wildman–Crippen LogP) is 25.0. The fraction of sp³-hybridized carbons (Fsp3) is 0.0816. The number of aryl methyl sites for hydroxylation is 2. The van der Waals surface area contributed by atoms with Crippen LogP contribution in [-0.2, 0) is 40.2 Å². The van der Waals surface area contributed by atoms with Gasteiger partial charge in [-0.3, -0.25) is 0 Å². The Balaban J connectivity index is 0.000000141. The molecule has 0 aliphatic heterocycles. The number of nitrogens with zero attached hydrogens (tertiary/aromatic N) is 4. The molecule has 0 saturated carbocycles. The molecule has 0 unspecified atom stereocenters. The van der Waals surface area contributed by atoms with E-state index in [-0.39, 0.29) is 51.3 Å². The molecule has 0 aliphatic carbocycles. The summed E-state index contributed by atoms with van der Waals surface area (Å²) in [5.74, 6) is 0. The Morgan fingerprint density at radius 2 is 0.623 bits per heavy atom. The van der Waals surface area contributed by atoms with E-state index in [1.807, 2.05) is 36.4 Å². The van der Waals surface area contributed by atoms with Crippen molar-refractivity contribution in [1.29, 1.82) is 0 Å². The minimum Gasteiger partial charge on any atom is -0.305 e. The second-order valence-electron chi connectivity index (χ2n) is 28.2. The number of hydrogen-bond acceptors (Lipinski definition) is 4. The summed E-state index contributed by atoms with van der Waals surface area (Å²) in [6, 6.07) is 118. The van der Waals surface area contributed by atoms with Crippen molar-refractivity contribution in [2.75, 3.05) is 0 Å². The van der Waals surface area contributed by atoms with Crippen molar-refractivity contribution in [3.63, 3.8) is 0 Å². The van der Waals surface area contributed by atoms with Gasteiger partial charge in [0.15, 0.2) is 0 Å². The van der Waals surface area contributed by atoms with E-state index >= 15 is 0 Å². The van der Waals surface area contributed by atoms with E-state index < -0.39 is 29.9 Å². The van der Waals surface area contributed by atoms with Crippen molar-refractivity contribution in [3.05, 3.63) is 363 Å². The monoisotopic (exact) mass is 1760 g/mol. The molecular formula is C98H78Ir2N4Si2-4. The maximum atomic E-state index is 7.23. The Morgan fingerprint density at radius 1 is 0.255 bits per heavy atom. The van der Waals surface area contributed by atoms with Crippen molar-refractivity contribution < 1.29 is 48.4 Å². The number of hydrogen-bond donors (Lipinski definition) is 0. The van der Waals surface area contributed by atoms with Crippen LogP contribution in [0.2, 0.25) is 39.3 Å². The maximum Gasteiger partial charge on any atom is 0.0795 e. The Morgan fingerprint density at radius 3 is 1.05 bits per heavy atom. The summed E-state index contributed by atoms with van der Waals surface area (Å²) in [4.78, 5) is 17.9. The average Bonchev–Trinajstić information content (AvgIpc) is 0.741. The van der Waals surface area contributed by atoms with Crippen LogP contribution in [0.1, 0.15) is 19.4 Å². The molecule has 520 valence electrons.